The van der Waals surface area contributed by atoms with Gasteiger partial charge >= 0.3 is 0 Å². The number of nitrogens with one attached hydrogen (secondary N) is 1. The van der Waals surface area contributed by atoms with E-state index in [2.05, 4.69) is 5.32 Å². The van der Waals surface area contributed by atoms with Crippen molar-refractivity contribution in [2.24, 2.45) is 0 Å². The quantitative estimate of drug-likeness (QED) is 0.823. The van der Waals surface area contributed by atoms with Crippen LogP contribution in [0.1, 0.15) is 29.8 Å². The van der Waals surface area contributed by atoms with E-state index in [1.165, 1.54) is 14.0 Å². The number of aryl methyl sites for hydroxylation is 1. The number of anilines is 1. The maximum atomic E-state index is 12.3. The lowest BCUT2D eigenvalue weighted by molar-refractivity contribution is -0.122. The SMILES string of the molecule is COc1cc(C(C)=O)ccc1O[C@H](C)C(=O)Nc1cccc(C)c1. The highest BCUT2D eigenvalue weighted by Gasteiger charge is 2.18. The molecule has 1 amide bonds. The molecule has 0 aliphatic carbocycles. The predicted molar refractivity (Wildman–Crippen MR) is 92.9 cm³/mol. The molecule has 5 nitrogen and oxygen atoms in total. The van der Waals surface area contributed by atoms with Crippen LogP contribution in [-0.4, -0.2) is 24.9 Å². The molecule has 1 N–H and O–H groups in total. The van der Waals surface area contributed by atoms with Gasteiger partial charge < -0.3 is 14.8 Å². The number of methoxy groups -OCH3 is 1. The minimum atomic E-state index is -0.720. The van der Waals surface area contributed by atoms with Gasteiger partial charge in [0.15, 0.2) is 23.4 Å². The van der Waals surface area contributed by atoms with Crippen LogP contribution in [0.15, 0.2) is 42.5 Å². The first-order chi connectivity index (χ1) is 11.4. The van der Waals surface area contributed by atoms with Crippen molar-refractivity contribution in [1.82, 2.24) is 0 Å². The van der Waals surface area contributed by atoms with Gasteiger partial charge in [-0.05, 0) is 56.7 Å². The van der Waals surface area contributed by atoms with Crippen LogP contribution >= 0.6 is 0 Å². The molecule has 0 heterocycles. The van der Waals surface area contributed by atoms with Crippen LogP contribution in [0.2, 0.25) is 0 Å². The highest BCUT2D eigenvalue weighted by molar-refractivity contribution is 5.95. The molecule has 0 bridgehead atoms. The number of rotatable bonds is 6. The Bertz CT molecular complexity index is 755. The van der Waals surface area contributed by atoms with Crippen molar-refractivity contribution in [2.75, 3.05) is 12.4 Å². The number of ether oxygens (including phenoxy) is 2. The maximum absolute atomic E-state index is 12.3. The van der Waals surface area contributed by atoms with Gasteiger partial charge in [0, 0.05) is 11.3 Å². The number of Topliss-reactive ketones (excluding diaryl/α,β-unsaturated/α-hetero) is 1. The molecule has 5 heteroatoms. The van der Waals surface area contributed by atoms with E-state index >= 15 is 0 Å². The number of hydrogen-bond donors (Lipinski definition) is 1. The summed E-state index contributed by atoms with van der Waals surface area (Å²) >= 11 is 0. The van der Waals surface area contributed by atoms with Crippen LogP contribution < -0.4 is 14.8 Å². The summed E-state index contributed by atoms with van der Waals surface area (Å²) in [5, 5.41) is 2.81. The molecule has 126 valence electrons. The molecule has 0 saturated heterocycles. The predicted octanol–water partition coefficient (Wildman–Crippen LogP) is 3.61. The first-order valence-electron chi connectivity index (χ1n) is 7.64. The van der Waals surface area contributed by atoms with Gasteiger partial charge in [-0.1, -0.05) is 12.1 Å². The lowest BCUT2D eigenvalue weighted by atomic mass is 10.1. The van der Waals surface area contributed by atoms with E-state index < -0.39 is 6.10 Å². The molecule has 2 rings (SSSR count). The van der Waals surface area contributed by atoms with Gasteiger partial charge in [0.05, 0.1) is 7.11 Å². The van der Waals surface area contributed by atoms with Gasteiger partial charge in [-0.15, -0.1) is 0 Å². The van der Waals surface area contributed by atoms with Crippen molar-refractivity contribution in [1.29, 1.82) is 0 Å². The Morgan fingerprint density at radius 1 is 1.08 bits per heavy atom. The molecule has 0 unspecified atom stereocenters. The molecule has 2 aromatic rings. The number of carbonyl (C=O) groups excluding carboxylic acids is 2. The summed E-state index contributed by atoms with van der Waals surface area (Å²) in [7, 11) is 1.49. The number of amides is 1. The van der Waals surface area contributed by atoms with Crippen molar-refractivity contribution in [3.05, 3.63) is 53.6 Å². The Kier molecular flexibility index (Phi) is 5.58. The molecule has 0 aliphatic rings. The second kappa shape index (κ2) is 7.64. The van der Waals surface area contributed by atoms with Crippen LogP contribution in [-0.2, 0) is 4.79 Å². The summed E-state index contributed by atoms with van der Waals surface area (Å²) in [6, 6.07) is 12.4. The van der Waals surface area contributed by atoms with E-state index in [1.54, 1.807) is 25.1 Å². The molecule has 0 fully saturated rings. The Labute approximate surface area is 141 Å². The second-order valence-corrected chi connectivity index (χ2v) is 5.54. The molecular weight excluding hydrogens is 306 g/mol. The highest BCUT2D eigenvalue weighted by Crippen LogP contribution is 2.29. The van der Waals surface area contributed by atoms with E-state index in [-0.39, 0.29) is 11.7 Å². The van der Waals surface area contributed by atoms with E-state index in [4.69, 9.17) is 9.47 Å². The molecule has 0 spiro atoms. The topological polar surface area (TPSA) is 64.6 Å². The van der Waals surface area contributed by atoms with Crippen LogP contribution in [0.3, 0.4) is 0 Å². The Morgan fingerprint density at radius 2 is 1.83 bits per heavy atom. The van der Waals surface area contributed by atoms with Crippen LogP contribution in [0, 0.1) is 6.92 Å². The molecule has 24 heavy (non-hydrogen) atoms. The van der Waals surface area contributed by atoms with Crippen LogP contribution in [0.4, 0.5) is 5.69 Å². The van der Waals surface area contributed by atoms with Crippen molar-refractivity contribution < 1.29 is 19.1 Å². The van der Waals surface area contributed by atoms with E-state index in [9.17, 15) is 9.59 Å². The van der Waals surface area contributed by atoms with Crippen LogP contribution in [0.5, 0.6) is 11.5 Å². The molecule has 0 aromatic heterocycles. The molecule has 0 aliphatic heterocycles. The minimum absolute atomic E-state index is 0.0647. The summed E-state index contributed by atoms with van der Waals surface area (Å²) < 4.78 is 10.9. The van der Waals surface area contributed by atoms with E-state index in [1.807, 2.05) is 31.2 Å². The molecule has 0 radical (unpaired) electrons. The zero-order valence-electron chi connectivity index (χ0n) is 14.3. The number of carbonyl (C=O) groups is 2. The minimum Gasteiger partial charge on any atom is -0.493 e. The molecule has 2 aromatic carbocycles. The fourth-order valence-electron chi connectivity index (χ4n) is 2.19. The van der Waals surface area contributed by atoms with Gasteiger partial charge in [-0.25, -0.2) is 0 Å². The van der Waals surface area contributed by atoms with Gasteiger partial charge in [0.2, 0.25) is 0 Å². The Hall–Kier alpha value is -2.82. The summed E-state index contributed by atoms with van der Waals surface area (Å²) in [5.41, 5.74) is 2.30. The smallest absolute Gasteiger partial charge is 0.265 e. The van der Waals surface area contributed by atoms with Gasteiger partial charge in [-0.3, -0.25) is 9.59 Å². The third-order valence-corrected chi connectivity index (χ3v) is 3.53. The standard InChI is InChI=1S/C19H21NO4/c1-12-6-5-7-16(10-12)20-19(22)14(3)24-17-9-8-15(13(2)21)11-18(17)23-4/h5-11,14H,1-4H3,(H,20,22)/t14-/m1/s1. The van der Waals surface area contributed by atoms with E-state index in [0.29, 0.717) is 22.7 Å². The van der Waals surface area contributed by atoms with Gasteiger partial charge in [0.1, 0.15) is 0 Å². The molecule has 0 saturated carbocycles. The zero-order valence-corrected chi connectivity index (χ0v) is 14.3. The summed E-state index contributed by atoms with van der Waals surface area (Å²) in [6.07, 6.45) is -0.720. The number of hydrogen-bond acceptors (Lipinski definition) is 4. The first-order valence-corrected chi connectivity index (χ1v) is 7.64. The number of benzene rings is 2. The second-order valence-electron chi connectivity index (χ2n) is 5.54. The average molecular weight is 327 g/mol. The van der Waals surface area contributed by atoms with E-state index in [0.717, 1.165) is 5.56 Å². The first kappa shape index (κ1) is 17.5. The largest absolute Gasteiger partial charge is 0.493 e. The lowest BCUT2D eigenvalue weighted by Crippen LogP contribution is -2.30. The highest BCUT2D eigenvalue weighted by atomic mass is 16.5. The Morgan fingerprint density at radius 3 is 2.46 bits per heavy atom. The molecular formula is C19H21NO4. The normalized spacial score (nSPS) is 11.5. The Balaban J connectivity index is 2.09. The third kappa shape index (κ3) is 4.35. The summed E-state index contributed by atoms with van der Waals surface area (Å²) in [5.74, 6) is 0.496. The van der Waals surface area contributed by atoms with Gasteiger partial charge in [-0.2, -0.15) is 0 Å². The molecule has 1 atom stereocenters. The van der Waals surface area contributed by atoms with Gasteiger partial charge in [0.25, 0.3) is 5.91 Å². The van der Waals surface area contributed by atoms with Crippen molar-refractivity contribution in [2.45, 2.75) is 26.9 Å². The summed E-state index contributed by atoms with van der Waals surface area (Å²) in [6.45, 7) is 5.09. The average Bonchev–Trinajstić information content (AvgIpc) is 2.54. The lowest BCUT2D eigenvalue weighted by Gasteiger charge is -2.17. The fourth-order valence-corrected chi connectivity index (χ4v) is 2.19. The summed E-state index contributed by atoms with van der Waals surface area (Å²) in [4.78, 5) is 23.7. The van der Waals surface area contributed by atoms with Crippen molar-refractivity contribution in [3.8, 4) is 11.5 Å². The monoisotopic (exact) mass is 327 g/mol. The van der Waals surface area contributed by atoms with Crippen molar-refractivity contribution >= 4 is 17.4 Å². The van der Waals surface area contributed by atoms with Crippen molar-refractivity contribution in [3.63, 3.8) is 0 Å². The van der Waals surface area contributed by atoms with Crippen LogP contribution in [0.25, 0.3) is 0 Å². The fraction of sp³-hybridized carbons (Fsp3) is 0.263. The maximum Gasteiger partial charge on any atom is 0.265 e. The zero-order chi connectivity index (χ0) is 17.7. The number of ketones is 1. The third-order valence-electron chi connectivity index (χ3n) is 3.53.